The summed E-state index contributed by atoms with van der Waals surface area (Å²) >= 11 is 0. The molecule has 0 aliphatic carbocycles. The molecule has 1 aromatic carbocycles. The largest absolute Gasteiger partial charge is 0.385 e. The third-order valence-electron chi connectivity index (χ3n) is 2.66. The molecule has 3 heteroatoms. The van der Waals surface area contributed by atoms with E-state index in [1.165, 1.54) is 6.07 Å². The summed E-state index contributed by atoms with van der Waals surface area (Å²) in [6.07, 6.45) is 0.838. The molecule has 1 rings (SSSR count). The zero-order valence-corrected chi connectivity index (χ0v) is 10.0. The number of methoxy groups -OCH3 is 1. The molecule has 0 saturated heterocycles. The van der Waals surface area contributed by atoms with E-state index in [2.05, 4.69) is 12.2 Å². The molecule has 1 atom stereocenters. The second-order valence-electron chi connectivity index (χ2n) is 3.81. The molecular weight excluding hydrogens is 205 g/mol. The molecule has 0 heterocycles. The highest BCUT2D eigenvalue weighted by Crippen LogP contribution is 2.21. The van der Waals surface area contributed by atoms with Gasteiger partial charge < -0.3 is 10.1 Å². The Hall–Kier alpha value is -0.930. The first-order chi connectivity index (χ1) is 7.79. The van der Waals surface area contributed by atoms with Crippen molar-refractivity contribution in [1.82, 2.24) is 5.32 Å². The summed E-state index contributed by atoms with van der Waals surface area (Å²) in [6, 6.07) is 6.97. The van der Waals surface area contributed by atoms with E-state index in [0.29, 0.717) is 6.61 Å². The molecule has 0 bridgehead atoms. The van der Waals surface area contributed by atoms with E-state index in [0.717, 1.165) is 25.1 Å². The lowest BCUT2D eigenvalue weighted by Crippen LogP contribution is -2.22. The van der Waals surface area contributed by atoms with E-state index in [9.17, 15) is 4.39 Å². The molecule has 0 saturated carbocycles. The zero-order chi connectivity index (χ0) is 11.8. The highest BCUT2D eigenvalue weighted by molar-refractivity contribution is 5.22. The van der Waals surface area contributed by atoms with Crippen molar-refractivity contribution >= 4 is 0 Å². The summed E-state index contributed by atoms with van der Waals surface area (Å²) < 4.78 is 18.7. The van der Waals surface area contributed by atoms with Gasteiger partial charge in [-0.15, -0.1) is 0 Å². The molecule has 0 aliphatic heterocycles. The lowest BCUT2D eigenvalue weighted by molar-refractivity contribution is 0.186. The number of hydrogen-bond donors (Lipinski definition) is 1. The lowest BCUT2D eigenvalue weighted by Gasteiger charge is -2.17. The van der Waals surface area contributed by atoms with Crippen molar-refractivity contribution in [3.63, 3.8) is 0 Å². The summed E-state index contributed by atoms with van der Waals surface area (Å²) in [5.41, 5.74) is 0.778. The van der Waals surface area contributed by atoms with Gasteiger partial charge in [-0.05, 0) is 24.6 Å². The lowest BCUT2D eigenvalue weighted by atomic mass is 9.95. The van der Waals surface area contributed by atoms with Crippen LogP contribution in [0.15, 0.2) is 24.3 Å². The van der Waals surface area contributed by atoms with Gasteiger partial charge in [0, 0.05) is 26.2 Å². The van der Waals surface area contributed by atoms with E-state index < -0.39 is 0 Å². The van der Waals surface area contributed by atoms with Gasteiger partial charge in [-0.3, -0.25) is 0 Å². The molecule has 90 valence electrons. The minimum atomic E-state index is -0.124. The molecule has 0 aromatic heterocycles. The normalized spacial score (nSPS) is 12.7. The molecule has 0 fully saturated rings. The molecule has 16 heavy (non-hydrogen) atoms. The molecule has 0 radical (unpaired) electrons. The van der Waals surface area contributed by atoms with Gasteiger partial charge in [0.25, 0.3) is 0 Å². The first-order valence-electron chi connectivity index (χ1n) is 5.73. The van der Waals surface area contributed by atoms with Crippen molar-refractivity contribution in [3.05, 3.63) is 35.6 Å². The maximum absolute atomic E-state index is 13.6. The van der Waals surface area contributed by atoms with Crippen LogP contribution in [0.25, 0.3) is 0 Å². The van der Waals surface area contributed by atoms with Crippen LogP contribution in [-0.2, 0) is 4.74 Å². The molecule has 0 amide bonds. The third-order valence-corrected chi connectivity index (χ3v) is 2.66. The number of nitrogens with one attached hydrogen (secondary N) is 1. The topological polar surface area (TPSA) is 21.3 Å². The van der Waals surface area contributed by atoms with Crippen LogP contribution in [0, 0.1) is 5.82 Å². The molecule has 1 N–H and O–H groups in total. The van der Waals surface area contributed by atoms with Gasteiger partial charge in [0.1, 0.15) is 5.82 Å². The third kappa shape index (κ3) is 3.91. The highest BCUT2D eigenvalue weighted by atomic mass is 19.1. The van der Waals surface area contributed by atoms with Gasteiger partial charge in [-0.25, -0.2) is 4.39 Å². The Bertz CT molecular complexity index is 296. The average molecular weight is 225 g/mol. The van der Waals surface area contributed by atoms with E-state index in [4.69, 9.17) is 4.74 Å². The number of halogens is 1. The summed E-state index contributed by atoms with van der Waals surface area (Å²) in [7, 11) is 1.67. The minimum absolute atomic E-state index is 0.124. The van der Waals surface area contributed by atoms with Gasteiger partial charge in [-0.1, -0.05) is 25.1 Å². The fourth-order valence-electron chi connectivity index (χ4n) is 1.75. The summed E-state index contributed by atoms with van der Waals surface area (Å²) in [4.78, 5) is 0. The Kier molecular flexibility index (Phi) is 6.04. The predicted molar refractivity (Wildman–Crippen MR) is 64.2 cm³/mol. The van der Waals surface area contributed by atoms with Crippen LogP contribution >= 0.6 is 0 Å². The van der Waals surface area contributed by atoms with Crippen molar-refractivity contribution < 1.29 is 9.13 Å². The Morgan fingerprint density at radius 2 is 2.12 bits per heavy atom. The molecule has 0 spiro atoms. The number of likely N-dealkylation sites (N-methyl/N-ethyl adjacent to an activating group) is 1. The van der Waals surface area contributed by atoms with Crippen LogP contribution in [0.1, 0.15) is 24.8 Å². The Morgan fingerprint density at radius 1 is 1.38 bits per heavy atom. The van der Waals surface area contributed by atoms with E-state index in [-0.39, 0.29) is 11.7 Å². The smallest absolute Gasteiger partial charge is 0.126 e. The fraction of sp³-hybridized carbons (Fsp3) is 0.538. The monoisotopic (exact) mass is 225 g/mol. The zero-order valence-electron chi connectivity index (χ0n) is 10.0. The Morgan fingerprint density at radius 3 is 2.75 bits per heavy atom. The maximum atomic E-state index is 13.6. The molecule has 0 aliphatic rings. The van der Waals surface area contributed by atoms with Crippen LogP contribution in [0.4, 0.5) is 4.39 Å². The van der Waals surface area contributed by atoms with Gasteiger partial charge in [0.2, 0.25) is 0 Å². The van der Waals surface area contributed by atoms with E-state index >= 15 is 0 Å². The van der Waals surface area contributed by atoms with Crippen molar-refractivity contribution in [2.45, 2.75) is 19.3 Å². The molecular formula is C13H20FNO. The summed E-state index contributed by atoms with van der Waals surface area (Å²) in [6.45, 7) is 4.40. The number of benzene rings is 1. The highest BCUT2D eigenvalue weighted by Gasteiger charge is 2.14. The standard InChI is InChI=1S/C13H20FNO/c1-3-15-10-11(8-9-16-2)12-6-4-5-7-13(12)14/h4-7,11,15H,3,8-10H2,1-2H3. The number of hydrogen-bond acceptors (Lipinski definition) is 2. The first-order valence-corrected chi connectivity index (χ1v) is 5.73. The first kappa shape index (κ1) is 13.1. The van der Waals surface area contributed by atoms with Gasteiger partial charge in [0.05, 0.1) is 0 Å². The second kappa shape index (κ2) is 7.36. The van der Waals surface area contributed by atoms with Gasteiger partial charge >= 0.3 is 0 Å². The number of ether oxygens (including phenoxy) is 1. The Balaban J connectivity index is 2.70. The summed E-state index contributed by atoms with van der Waals surface area (Å²) in [5.74, 6) is 0.0580. The van der Waals surface area contributed by atoms with Crippen LogP contribution in [0.3, 0.4) is 0 Å². The quantitative estimate of drug-likeness (QED) is 0.770. The van der Waals surface area contributed by atoms with Crippen molar-refractivity contribution in [3.8, 4) is 0 Å². The van der Waals surface area contributed by atoms with E-state index in [1.807, 2.05) is 12.1 Å². The van der Waals surface area contributed by atoms with E-state index in [1.54, 1.807) is 13.2 Å². The van der Waals surface area contributed by atoms with Gasteiger partial charge in [0.15, 0.2) is 0 Å². The maximum Gasteiger partial charge on any atom is 0.126 e. The van der Waals surface area contributed by atoms with Crippen molar-refractivity contribution in [2.75, 3.05) is 26.8 Å². The summed E-state index contributed by atoms with van der Waals surface area (Å²) in [5, 5.41) is 3.26. The van der Waals surface area contributed by atoms with Gasteiger partial charge in [-0.2, -0.15) is 0 Å². The number of rotatable bonds is 7. The van der Waals surface area contributed by atoms with Crippen LogP contribution in [0.2, 0.25) is 0 Å². The SMILES string of the molecule is CCNCC(CCOC)c1ccccc1F. The Labute approximate surface area is 96.8 Å². The molecule has 2 nitrogen and oxygen atoms in total. The molecule has 1 aromatic rings. The average Bonchev–Trinajstić information content (AvgIpc) is 2.31. The second-order valence-corrected chi connectivity index (χ2v) is 3.81. The van der Waals surface area contributed by atoms with Crippen LogP contribution in [0.5, 0.6) is 0 Å². The molecule has 1 unspecified atom stereocenters. The minimum Gasteiger partial charge on any atom is -0.385 e. The van der Waals surface area contributed by atoms with Crippen LogP contribution < -0.4 is 5.32 Å². The van der Waals surface area contributed by atoms with Crippen molar-refractivity contribution in [2.24, 2.45) is 0 Å². The predicted octanol–water partition coefficient (Wildman–Crippen LogP) is 2.56. The van der Waals surface area contributed by atoms with Crippen LogP contribution in [-0.4, -0.2) is 26.8 Å². The van der Waals surface area contributed by atoms with Crippen molar-refractivity contribution in [1.29, 1.82) is 0 Å². The fourth-order valence-corrected chi connectivity index (χ4v) is 1.75.